The SMILES string of the molecule is C=C[CH2][Ge][CH2]C=C. The topological polar surface area (TPSA) is 0 Å². The third-order valence-electron chi connectivity index (χ3n) is 0.577. The van der Waals surface area contributed by atoms with Gasteiger partial charge in [0.1, 0.15) is 0 Å². The van der Waals surface area contributed by atoms with E-state index in [1.165, 1.54) is 10.5 Å². The molecule has 2 radical (unpaired) electrons. The van der Waals surface area contributed by atoms with E-state index in [0.29, 0.717) is 0 Å². The van der Waals surface area contributed by atoms with Crippen LogP contribution in [-0.2, 0) is 0 Å². The first-order valence-electron chi connectivity index (χ1n) is 2.34. The number of rotatable bonds is 4. The van der Waals surface area contributed by atoms with Crippen molar-refractivity contribution in [3.05, 3.63) is 25.3 Å². The van der Waals surface area contributed by atoms with E-state index >= 15 is 0 Å². The normalized spacial score (nSPS) is 8.00. The maximum atomic E-state index is 3.63. The Morgan fingerprint density at radius 3 is 1.86 bits per heavy atom. The molecule has 0 saturated carbocycles. The second kappa shape index (κ2) is 6.02. The summed E-state index contributed by atoms with van der Waals surface area (Å²) in [6.45, 7) is 7.26. The fraction of sp³-hybridized carbons (Fsp3) is 0.333. The molecule has 0 N–H and O–H groups in total. The van der Waals surface area contributed by atoms with Gasteiger partial charge < -0.3 is 0 Å². The van der Waals surface area contributed by atoms with Gasteiger partial charge in [0.25, 0.3) is 0 Å². The van der Waals surface area contributed by atoms with Crippen LogP contribution in [-0.4, -0.2) is 15.4 Å². The molecule has 0 heterocycles. The molecule has 1 heteroatoms. The van der Waals surface area contributed by atoms with E-state index in [0.717, 1.165) is 0 Å². The maximum absolute atomic E-state index is 3.63. The van der Waals surface area contributed by atoms with Crippen LogP contribution in [0, 0.1) is 0 Å². The first kappa shape index (κ1) is 7.02. The van der Waals surface area contributed by atoms with Gasteiger partial charge in [-0.1, -0.05) is 0 Å². The van der Waals surface area contributed by atoms with Gasteiger partial charge in [-0.3, -0.25) is 0 Å². The monoisotopic (exact) mass is 156 g/mol. The van der Waals surface area contributed by atoms with Crippen LogP contribution in [0.2, 0.25) is 10.5 Å². The molecule has 0 aliphatic heterocycles. The van der Waals surface area contributed by atoms with Crippen molar-refractivity contribution in [2.24, 2.45) is 0 Å². The number of hydrogen-bond donors (Lipinski definition) is 0. The van der Waals surface area contributed by atoms with Crippen LogP contribution in [0.5, 0.6) is 0 Å². The summed E-state index contributed by atoms with van der Waals surface area (Å²) in [6.07, 6.45) is 3.98. The van der Waals surface area contributed by atoms with E-state index < -0.39 is 0 Å². The zero-order valence-corrected chi connectivity index (χ0v) is 6.58. The summed E-state index contributed by atoms with van der Waals surface area (Å²) in [4.78, 5) is 0. The summed E-state index contributed by atoms with van der Waals surface area (Å²) in [5.41, 5.74) is 0. The third kappa shape index (κ3) is 6.02. The fourth-order valence-corrected chi connectivity index (χ4v) is 1.49. The summed E-state index contributed by atoms with van der Waals surface area (Å²) < 4.78 is 0. The van der Waals surface area contributed by atoms with Gasteiger partial charge in [-0.25, -0.2) is 0 Å². The number of allylic oxidation sites excluding steroid dienone is 2. The van der Waals surface area contributed by atoms with Crippen LogP contribution in [0.15, 0.2) is 25.3 Å². The van der Waals surface area contributed by atoms with Crippen LogP contribution in [0.25, 0.3) is 0 Å². The van der Waals surface area contributed by atoms with E-state index in [9.17, 15) is 0 Å². The Bertz CT molecular complexity index is 49.2. The first-order chi connectivity index (χ1) is 3.41. The van der Waals surface area contributed by atoms with Crippen molar-refractivity contribution in [3.63, 3.8) is 0 Å². The second-order valence-electron chi connectivity index (χ2n) is 1.24. The molecule has 0 fully saturated rings. The predicted molar refractivity (Wildman–Crippen MR) is 35.8 cm³/mol. The van der Waals surface area contributed by atoms with Crippen molar-refractivity contribution in [2.45, 2.75) is 10.5 Å². The molecule has 0 atom stereocenters. The molecule has 0 aromatic carbocycles. The molecule has 38 valence electrons. The van der Waals surface area contributed by atoms with Crippen LogP contribution in [0.3, 0.4) is 0 Å². The molecular formula is C6H10Ge. The van der Waals surface area contributed by atoms with Crippen LogP contribution >= 0.6 is 0 Å². The minimum atomic E-state index is 0.278. The predicted octanol–water partition coefficient (Wildman–Crippen LogP) is 1.90. The molecule has 0 aliphatic rings. The zero-order valence-electron chi connectivity index (χ0n) is 4.48. The molecule has 0 rings (SSSR count). The van der Waals surface area contributed by atoms with Crippen LogP contribution < -0.4 is 0 Å². The van der Waals surface area contributed by atoms with E-state index in [1.54, 1.807) is 0 Å². The van der Waals surface area contributed by atoms with Gasteiger partial charge in [0.2, 0.25) is 0 Å². The van der Waals surface area contributed by atoms with E-state index in [-0.39, 0.29) is 15.4 Å². The number of hydrogen-bond acceptors (Lipinski definition) is 0. The molecule has 0 spiro atoms. The molecule has 0 aromatic heterocycles. The average Bonchev–Trinajstić information content (AvgIpc) is 1.69. The van der Waals surface area contributed by atoms with Gasteiger partial charge in [-0.05, 0) is 0 Å². The molecule has 0 saturated heterocycles. The summed E-state index contributed by atoms with van der Waals surface area (Å²) >= 11 is 0.278. The Hall–Kier alpha value is 0.0229. The van der Waals surface area contributed by atoms with Gasteiger partial charge >= 0.3 is 51.2 Å². The quantitative estimate of drug-likeness (QED) is 0.330. The Labute approximate surface area is 51.8 Å². The minimum absolute atomic E-state index is 0.278. The van der Waals surface area contributed by atoms with Gasteiger partial charge in [0.05, 0.1) is 0 Å². The Morgan fingerprint density at radius 1 is 1.14 bits per heavy atom. The first-order valence-corrected chi connectivity index (χ1v) is 5.31. The Kier molecular flexibility index (Phi) is 6.04. The van der Waals surface area contributed by atoms with E-state index in [2.05, 4.69) is 13.2 Å². The molecule has 0 bridgehead atoms. The van der Waals surface area contributed by atoms with Crippen molar-refractivity contribution >= 4 is 15.4 Å². The van der Waals surface area contributed by atoms with Gasteiger partial charge in [-0.2, -0.15) is 0 Å². The molecule has 0 unspecified atom stereocenters. The average molecular weight is 155 g/mol. The second-order valence-corrected chi connectivity index (χ2v) is 4.00. The van der Waals surface area contributed by atoms with Crippen molar-refractivity contribution < 1.29 is 0 Å². The molecule has 0 aliphatic carbocycles. The summed E-state index contributed by atoms with van der Waals surface area (Å²) in [7, 11) is 0. The molecular weight excluding hydrogens is 145 g/mol. The van der Waals surface area contributed by atoms with Crippen molar-refractivity contribution in [3.8, 4) is 0 Å². The fourth-order valence-electron chi connectivity index (χ4n) is 0.287. The van der Waals surface area contributed by atoms with Crippen molar-refractivity contribution in [1.29, 1.82) is 0 Å². The van der Waals surface area contributed by atoms with Gasteiger partial charge in [0, 0.05) is 0 Å². The zero-order chi connectivity index (χ0) is 5.54. The standard InChI is InChI=1S/C6H10Ge/c1-3-5-7-6-4-2/h3-4H,1-2,5-6H2. The summed E-state index contributed by atoms with van der Waals surface area (Å²) in [6, 6.07) is 0. The van der Waals surface area contributed by atoms with Crippen LogP contribution in [0.4, 0.5) is 0 Å². The summed E-state index contributed by atoms with van der Waals surface area (Å²) in [5.74, 6) is 0. The molecule has 0 nitrogen and oxygen atoms in total. The van der Waals surface area contributed by atoms with E-state index in [1.807, 2.05) is 12.2 Å². The van der Waals surface area contributed by atoms with Gasteiger partial charge in [-0.15, -0.1) is 0 Å². The molecule has 7 heavy (non-hydrogen) atoms. The summed E-state index contributed by atoms with van der Waals surface area (Å²) in [5, 5.41) is 2.48. The van der Waals surface area contributed by atoms with Crippen molar-refractivity contribution in [1.82, 2.24) is 0 Å². The van der Waals surface area contributed by atoms with Crippen LogP contribution in [0.1, 0.15) is 0 Å². The Morgan fingerprint density at radius 2 is 1.57 bits per heavy atom. The molecule has 0 aromatic rings. The molecule has 0 amide bonds. The van der Waals surface area contributed by atoms with E-state index in [4.69, 9.17) is 0 Å². The third-order valence-corrected chi connectivity index (χ3v) is 3.00. The van der Waals surface area contributed by atoms with Gasteiger partial charge in [0.15, 0.2) is 0 Å². The van der Waals surface area contributed by atoms with Crippen molar-refractivity contribution in [2.75, 3.05) is 0 Å². The Balaban J connectivity index is 2.68.